The van der Waals surface area contributed by atoms with Crippen LogP contribution < -0.4 is 5.32 Å². The molecule has 0 fully saturated rings. The van der Waals surface area contributed by atoms with E-state index >= 15 is 0 Å². The Morgan fingerprint density at radius 3 is 2.04 bits per heavy atom. The third kappa shape index (κ3) is 9.34. The van der Waals surface area contributed by atoms with Gasteiger partial charge in [-0.05, 0) is 39.5 Å². The molecule has 7 heteroatoms. The molecular formula is C18H32N2O5. The van der Waals surface area contributed by atoms with Gasteiger partial charge in [0.2, 0.25) is 5.91 Å². The molecule has 0 aliphatic heterocycles. The summed E-state index contributed by atoms with van der Waals surface area (Å²) < 4.78 is 10.9. The van der Waals surface area contributed by atoms with E-state index in [1.54, 1.807) is 13.8 Å². The van der Waals surface area contributed by atoms with E-state index in [0.717, 1.165) is 0 Å². The topological polar surface area (TPSA) is 106 Å². The highest BCUT2D eigenvalue weighted by atomic mass is 16.5. The summed E-state index contributed by atoms with van der Waals surface area (Å²) in [5.74, 6) is -1.44. The molecule has 0 unspecified atom stereocenters. The van der Waals surface area contributed by atoms with E-state index in [1.807, 2.05) is 34.6 Å². The van der Waals surface area contributed by atoms with Gasteiger partial charge in [0, 0.05) is 6.42 Å². The Morgan fingerprint density at radius 2 is 1.64 bits per heavy atom. The minimum atomic E-state index is -0.959. The van der Waals surface area contributed by atoms with Crippen LogP contribution in [0.4, 0.5) is 0 Å². The molecular weight excluding hydrogens is 324 g/mol. The van der Waals surface area contributed by atoms with Gasteiger partial charge in [-0.3, -0.25) is 9.59 Å². The first-order chi connectivity index (χ1) is 11.4. The van der Waals surface area contributed by atoms with Crippen LogP contribution in [0.25, 0.3) is 0 Å². The van der Waals surface area contributed by atoms with E-state index in [4.69, 9.17) is 14.9 Å². The van der Waals surface area contributed by atoms with Gasteiger partial charge < -0.3 is 20.2 Å². The maximum Gasteiger partial charge on any atom is 0.328 e. The van der Waals surface area contributed by atoms with Gasteiger partial charge in [-0.15, -0.1) is 0 Å². The quantitative estimate of drug-likeness (QED) is 0.461. The van der Waals surface area contributed by atoms with Gasteiger partial charge in [0.15, 0.2) is 5.78 Å². The Bertz CT molecular complexity index is 480. The molecule has 0 saturated heterocycles. The SMILES string of the molecule is CC(C)OC(=O)[C@H](CCC(=O)C=N)NC(=O)[C@@H](OC(C)C)C(C)(C)C. The molecule has 2 N–H and O–H groups in total. The maximum absolute atomic E-state index is 12.7. The molecule has 0 spiro atoms. The van der Waals surface area contributed by atoms with Crippen molar-refractivity contribution < 1.29 is 23.9 Å². The molecule has 0 radical (unpaired) electrons. The summed E-state index contributed by atoms with van der Waals surface area (Å²) in [7, 11) is 0. The molecule has 144 valence electrons. The van der Waals surface area contributed by atoms with Crippen molar-refractivity contribution in [1.29, 1.82) is 5.41 Å². The number of hydrogen-bond acceptors (Lipinski definition) is 6. The fourth-order valence-corrected chi connectivity index (χ4v) is 2.10. The number of esters is 1. The van der Waals surface area contributed by atoms with Crippen LogP contribution in [-0.2, 0) is 23.9 Å². The van der Waals surface area contributed by atoms with Crippen LogP contribution in [0.1, 0.15) is 61.3 Å². The van der Waals surface area contributed by atoms with E-state index in [0.29, 0.717) is 6.21 Å². The second-order valence-electron chi connectivity index (χ2n) is 7.63. The number of ether oxygens (including phenoxy) is 2. The van der Waals surface area contributed by atoms with Crippen LogP contribution in [0.5, 0.6) is 0 Å². The lowest BCUT2D eigenvalue weighted by Gasteiger charge is -2.32. The molecule has 0 bridgehead atoms. The lowest BCUT2D eigenvalue weighted by atomic mass is 9.88. The first kappa shape index (κ1) is 23.2. The Hall–Kier alpha value is -1.76. The molecule has 0 rings (SSSR count). The first-order valence-electron chi connectivity index (χ1n) is 8.58. The van der Waals surface area contributed by atoms with Crippen LogP contribution >= 0.6 is 0 Å². The number of hydrogen-bond donors (Lipinski definition) is 2. The zero-order valence-electron chi connectivity index (χ0n) is 16.3. The van der Waals surface area contributed by atoms with Gasteiger partial charge in [-0.1, -0.05) is 20.8 Å². The second-order valence-corrected chi connectivity index (χ2v) is 7.63. The Labute approximate surface area is 150 Å². The molecule has 0 aromatic rings. The standard InChI is InChI=1S/C18H32N2O5/c1-11(2)24-15(18(5,6)7)16(22)20-14(9-8-13(21)10-19)17(23)25-12(3)4/h10-12,14-15,19H,8-9H2,1-7H3,(H,20,22)/t14-,15+/m0/s1. The van der Waals surface area contributed by atoms with Crippen LogP contribution in [0.15, 0.2) is 0 Å². The van der Waals surface area contributed by atoms with E-state index in [2.05, 4.69) is 5.32 Å². The predicted molar refractivity (Wildman–Crippen MR) is 95.6 cm³/mol. The van der Waals surface area contributed by atoms with Crippen molar-refractivity contribution >= 4 is 23.9 Å². The monoisotopic (exact) mass is 356 g/mol. The Morgan fingerprint density at radius 1 is 1.08 bits per heavy atom. The molecule has 0 heterocycles. The highest BCUT2D eigenvalue weighted by Gasteiger charge is 2.35. The third-order valence-electron chi connectivity index (χ3n) is 3.23. The van der Waals surface area contributed by atoms with Crippen molar-refractivity contribution in [3.63, 3.8) is 0 Å². The summed E-state index contributed by atoms with van der Waals surface area (Å²) in [6.45, 7) is 12.7. The number of carbonyl (C=O) groups excluding carboxylic acids is 3. The van der Waals surface area contributed by atoms with E-state index < -0.39 is 35.2 Å². The summed E-state index contributed by atoms with van der Waals surface area (Å²) in [6, 6.07) is -0.959. The van der Waals surface area contributed by atoms with Crippen molar-refractivity contribution in [2.24, 2.45) is 5.41 Å². The lowest BCUT2D eigenvalue weighted by Crippen LogP contribution is -2.51. The van der Waals surface area contributed by atoms with Gasteiger partial charge in [0.05, 0.1) is 18.4 Å². The van der Waals surface area contributed by atoms with Crippen molar-refractivity contribution in [2.75, 3.05) is 0 Å². The fraction of sp³-hybridized carbons (Fsp3) is 0.778. The Kier molecular flexibility index (Phi) is 9.56. The zero-order chi connectivity index (χ0) is 19.8. The van der Waals surface area contributed by atoms with Crippen LogP contribution in [-0.4, -0.2) is 48.2 Å². The van der Waals surface area contributed by atoms with Crippen LogP contribution in [0.2, 0.25) is 0 Å². The number of Topliss-reactive ketones (excluding diaryl/α,β-unsaturated/α-hetero) is 1. The number of carbonyl (C=O) groups is 3. The molecule has 0 aliphatic rings. The van der Waals surface area contributed by atoms with Crippen molar-refractivity contribution in [3.8, 4) is 0 Å². The van der Waals surface area contributed by atoms with E-state index in [-0.39, 0.29) is 25.0 Å². The molecule has 0 aromatic carbocycles. The average molecular weight is 356 g/mol. The fourth-order valence-electron chi connectivity index (χ4n) is 2.10. The largest absolute Gasteiger partial charge is 0.461 e. The predicted octanol–water partition coefficient (Wildman–Crippen LogP) is 2.26. The molecule has 0 aromatic heterocycles. The minimum absolute atomic E-state index is 0.0210. The molecule has 25 heavy (non-hydrogen) atoms. The number of amides is 1. The molecule has 7 nitrogen and oxygen atoms in total. The normalized spacial score (nSPS) is 14.1. The van der Waals surface area contributed by atoms with Gasteiger partial charge in [0.1, 0.15) is 12.1 Å². The van der Waals surface area contributed by atoms with Crippen molar-refractivity contribution in [1.82, 2.24) is 5.32 Å². The third-order valence-corrected chi connectivity index (χ3v) is 3.23. The smallest absolute Gasteiger partial charge is 0.328 e. The number of ketones is 1. The van der Waals surface area contributed by atoms with Gasteiger partial charge >= 0.3 is 5.97 Å². The van der Waals surface area contributed by atoms with Gasteiger partial charge in [0.25, 0.3) is 0 Å². The Balaban J connectivity index is 5.22. The summed E-state index contributed by atoms with van der Waals surface area (Å²) in [5, 5.41) is 9.59. The highest BCUT2D eigenvalue weighted by Crippen LogP contribution is 2.24. The first-order valence-corrected chi connectivity index (χ1v) is 8.58. The second kappa shape index (κ2) is 10.3. The highest BCUT2D eigenvalue weighted by molar-refractivity contribution is 6.26. The summed E-state index contributed by atoms with van der Waals surface area (Å²) in [5.41, 5.74) is -0.467. The summed E-state index contributed by atoms with van der Waals surface area (Å²) in [4.78, 5) is 36.3. The minimum Gasteiger partial charge on any atom is -0.461 e. The summed E-state index contributed by atoms with van der Waals surface area (Å²) in [6.07, 6.45) is -0.491. The molecule has 1 amide bonds. The molecule has 0 aliphatic carbocycles. The van der Waals surface area contributed by atoms with Crippen molar-refractivity contribution in [3.05, 3.63) is 0 Å². The van der Waals surface area contributed by atoms with Crippen molar-refractivity contribution in [2.45, 2.75) is 85.7 Å². The molecule has 2 atom stereocenters. The average Bonchev–Trinajstić information content (AvgIpc) is 2.46. The maximum atomic E-state index is 12.7. The van der Waals surface area contributed by atoms with Gasteiger partial charge in [-0.2, -0.15) is 0 Å². The number of nitrogens with one attached hydrogen (secondary N) is 2. The van der Waals surface area contributed by atoms with E-state index in [9.17, 15) is 14.4 Å². The zero-order valence-corrected chi connectivity index (χ0v) is 16.3. The number of rotatable bonds is 10. The summed E-state index contributed by atoms with van der Waals surface area (Å²) >= 11 is 0. The van der Waals surface area contributed by atoms with E-state index in [1.165, 1.54) is 0 Å². The molecule has 0 saturated carbocycles. The van der Waals surface area contributed by atoms with Crippen LogP contribution in [0.3, 0.4) is 0 Å². The lowest BCUT2D eigenvalue weighted by molar-refractivity contribution is -0.155. The van der Waals surface area contributed by atoms with Gasteiger partial charge in [-0.25, -0.2) is 4.79 Å². The van der Waals surface area contributed by atoms with Crippen LogP contribution in [0, 0.1) is 10.8 Å².